The van der Waals surface area contributed by atoms with Gasteiger partial charge in [-0.1, -0.05) is 38.0 Å². The smallest absolute Gasteiger partial charge is 0.122 e. The topological polar surface area (TPSA) is 41.5 Å². The Morgan fingerprint density at radius 1 is 1.28 bits per heavy atom. The van der Waals surface area contributed by atoms with E-state index in [-0.39, 0.29) is 6.10 Å². The minimum absolute atomic E-state index is 0.358. The van der Waals surface area contributed by atoms with Crippen LogP contribution >= 0.6 is 0 Å². The Balaban J connectivity index is 2.28. The molecule has 0 heterocycles. The van der Waals surface area contributed by atoms with Gasteiger partial charge in [0.25, 0.3) is 0 Å². The Morgan fingerprint density at radius 2 is 2.06 bits per heavy atom. The summed E-state index contributed by atoms with van der Waals surface area (Å²) in [6, 6.07) is 7.84. The Labute approximate surface area is 110 Å². The average Bonchev–Trinajstić information content (AvgIpc) is 2.39. The molecule has 0 saturated heterocycles. The molecule has 1 aromatic carbocycles. The molecular formula is C15H25NO2. The highest BCUT2D eigenvalue weighted by Crippen LogP contribution is 2.18. The summed E-state index contributed by atoms with van der Waals surface area (Å²) in [7, 11) is 1.66. The number of aliphatic hydroxyl groups is 1. The lowest BCUT2D eigenvalue weighted by atomic mass is 10.1. The van der Waals surface area contributed by atoms with E-state index in [1.807, 2.05) is 24.3 Å². The molecule has 0 aliphatic heterocycles. The molecule has 1 atom stereocenters. The van der Waals surface area contributed by atoms with Crippen molar-refractivity contribution in [1.29, 1.82) is 0 Å². The lowest BCUT2D eigenvalue weighted by molar-refractivity contribution is 0.171. The average molecular weight is 251 g/mol. The summed E-state index contributed by atoms with van der Waals surface area (Å²) in [4.78, 5) is 0. The molecule has 3 nitrogen and oxygen atoms in total. The third-order valence-corrected chi connectivity index (χ3v) is 2.99. The molecule has 0 radical (unpaired) electrons. The van der Waals surface area contributed by atoms with Crippen LogP contribution in [-0.2, 0) is 6.42 Å². The predicted molar refractivity (Wildman–Crippen MR) is 75.1 cm³/mol. The summed E-state index contributed by atoms with van der Waals surface area (Å²) in [5.74, 6) is 0.850. The number of rotatable bonds is 9. The molecule has 0 aliphatic rings. The van der Waals surface area contributed by atoms with Crippen LogP contribution < -0.4 is 10.1 Å². The van der Waals surface area contributed by atoms with Gasteiger partial charge < -0.3 is 15.2 Å². The van der Waals surface area contributed by atoms with Crippen molar-refractivity contribution in [3.8, 4) is 5.75 Å². The van der Waals surface area contributed by atoms with E-state index in [1.54, 1.807) is 7.11 Å². The summed E-state index contributed by atoms with van der Waals surface area (Å²) in [6.45, 7) is 3.81. The number of nitrogens with one attached hydrogen (secondary N) is 1. The highest BCUT2D eigenvalue weighted by atomic mass is 16.5. The summed E-state index contributed by atoms with van der Waals surface area (Å²) in [6.07, 6.45) is 3.92. The summed E-state index contributed by atoms with van der Waals surface area (Å²) < 4.78 is 5.27. The fraction of sp³-hybridized carbons (Fsp3) is 0.600. The monoisotopic (exact) mass is 251 g/mol. The van der Waals surface area contributed by atoms with Crippen molar-refractivity contribution in [3.63, 3.8) is 0 Å². The number of hydrogen-bond donors (Lipinski definition) is 2. The molecule has 18 heavy (non-hydrogen) atoms. The fourth-order valence-corrected chi connectivity index (χ4v) is 1.97. The van der Waals surface area contributed by atoms with Crippen LogP contribution in [-0.4, -0.2) is 31.4 Å². The van der Waals surface area contributed by atoms with Gasteiger partial charge in [-0.15, -0.1) is 0 Å². The van der Waals surface area contributed by atoms with E-state index in [4.69, 9.17) is 4.74 Å². The molecule has 3 heteroatoms. The SMILES string of the molecule is CCCCCNC[C@H](O)Cc1ccccc1OC. The summed E-state index contributed by atoms with van der Waals surface area (Å²) in [5.41, 5.74) is 1.06. The zero-order valence-corrected chi connectivity index (χ0v) is 11.5. The van der Waals surface area contributed by atoms with Crippen molar-refractivity contribution in [3.05, 3.63) is 29.8 Å². The van der Waals surface area contributed by atoms with E-state index in [0.29, 0.717) is 13.0 Å². The van der Waals surface area contributed by atoms with Crippen molar-refractivity contribution in [2.75, 3.05) is 20.2 Å². The zero-order chi connectivity index (χ0) is 13.2. The van der Waals surface area contributed by atoms with Crippen molar-refractivity contribution < 1.29 is 9.84 Å². The number of aliphatic hydroxyl groups excluding tert-OH is 1. The minimum Gasteiger partial charge on any atom is -0.496 e. The van der Waals surface area contributed by atoms with Crippen LogP contribution in [0.1, 0.15) is 31.7 Å². The van der Waals surface area contributed by atoms with Gasteiger partial charge in [0, 0.05) is 13.0 Å². The quantitative estimate of drug-likeness (QED) is 0.662. The second kappa shape index (κ2) is 8.95. The molecule has 0 fully saturated rings. The number of methoxy groups -OCH3 is 1. The second-order valence-corrected chi connectivity index (χ2v) is 4.58. The molecule has 1 rings (SSSR count). The van der Waals surface area contributed by atoms with Crippen molar-refractivity contribution >= 4 is 0 Å². The first-order valence-corrected chi connectivity index (χ1v) is 6.78. The van der Waals surface area contributed by atoms with Crippen LogP contribution in [0.15, 0.2) is 24.3 Å². The van der Waals surface area contributed by atoms with E-state index in [9.17, 15) is 5.11 Å². The number of unbranched alkanes of at least 4 members (excludes halogenated alkanes) is 2. The van der Waals surface area contributed by atoms with Crippen LogP contribution in [0.2, 0.25) is 0 Å². The molecular weight excluding hydrogens is 226 g/mol. The van der Waals surface area contributed by atoms with Gasteiger partial charge in [0.1, 0.15) is 5.75 Å². The van der Waals surface area contributed by atoms with E-state index in [2.05, 4.69) is 12.2 Å². The van der Waals surface area contributed by atoms with Gasteiger partial charge in [-0.25, -0.2) is 0 Å². The van der Waals surface area contributed by atoms with E-state index >= 15 is 0 Å². The van der Waals surface area contributed by atoms with Gasteiger partial charge in [-0.3, -0.25) is 0 Å². The molecule has 0 bridgehead atoms. The van der Waals surface area contributed by atoms with Crippen molar-refractivity contribution in [2.45, 2.75) is 38.7 Å². The van der Waals surface area contributed by atoms with E-state index in [1.165, 1.54) is 19.3 Å². The number of hydrogen-bond acceptors (Lipinski definition) is 3. The van der Waals surface area contributed by atoms with Gasteiger partial charge in [0.15, 0.2) is 0 Å². The first-order valence-electron chi connectivity index (χ1n) is 6.78. The van der Waals surface area contributed by atoms with Crippen molar-refractivity contribution in [1.82, 2.24) is 5.32 Å². The molecule has 102 valence electrons. The second-order valence-electron chi connectivity index (χ2n) is 4.58. The third kappa shape index (κ3) is 5.52. The van der Waals surface area contributed by atoms with Crippen LogP contribution in [0.5, 0.6) is 5.75 Å². The highest BCUT2D eigenvalue weighted by Gasteiger charge is 2.08. The molecule has 0 spiro atoms. The maximum atomic E-state index is 9.96. The van der Waals surface area contributed by atoms with Crippen LogP contribution in [0.4, 0.5) is 0 Å². The maximum absolute atomic E-state index is 9.96. The Bertz CT molecular complexity index is 328. The molecule has 0 unspecified atom stereocenters. The van der Waals surface area contributed by atoms with Gasteiger partial charge >= 0.3 is 0 Å². The van der Waals surface area contributed by atoms with Gasteiger partial charge in [0.05, 0.1) is 13.2 Å². The zero-order valence-electron chi connectivity index (χ0n) is 11.5. The Morgan fingerprint density at radius 3 is 2.78 bits per heavy atom. The normalized spacial score (nSPS) is 12.4. The molecule has 0 saturated carbocycles. The predicted octanol–water partition coefficient (Wildman–Crippen LogP) is 2.38. The highest BCUT2D eigenvalue weighted by molar-refractivity contribution is 5.33. The van der Waals surface area contributed by atoms with Crippen molar-refractivity contribution in [2.24, 2.45) is 0 Å². The Kier molecular flexibility index (Phi) is 7.46. The van der Waals surface area contributed by atoms with E-state index in [0.717, 1.165) is 17.9 Å². The molecule has 0 aliphatic carbocycles. The van der Waals surface area contributed by atoms with E-state index < -0.39 is 0 Å². The molecule has 0 aromatic heterocycles. The van der Waals surface area contributed by atoms with Crippen LogP contribution in [0, 0.1) is 0 Å². The van der Waals surface area contributed by atoms with Gasteiger partial charge in [-0.05, 0) is 24.6 Å². The lowest BCUT2D eigenvalue weighted by Crippen LogP contribution is -2.29. The largest absolute Gasteiger partial charge is 0.496 e. The summed E-state index contributed by atoms with van der Waals surface area (Å²) >= 11 is 0. The first kappa shape index (κ1) is 15.0. The Hall–Kier alpha value is -1.06. The fourth-order valence-electron chi connectivity index (χ4n) is 1.97. The van der Waals surface area contributed by atoms with Gasteiger partial charge in [0.2, 0.25) is 0 Å². The summed E-state index contributed by atoms with van der Waals surface area (Å²) in [5, 5.41) is 13.2. The minimum atomic E-state index is -0.358. The lowest BCUT2D eigenvalue weighted by Gasteiger charge is -2.14. The number of para-hydroxylation sites is 1. The number of benzene rings is 1. The molecule has 2 N–H and O–H groups in total. The molecule has 1 aromatic rings. The first-order chi connectivity index (χ1) is 8.77. The molecule has 0 amide bonds. The standard InChI is InChI=1S/C15H25NO2/c1-3-4-7-10-16-12-14(17)11-13-8-5-6-9-15(13)18-2/h5-6,8-9,14,16-17H,3-4,7,10-12H2,1-2H3/t14-/m1/s1. The maximum Gasteiger partial charge on any atom is 0.122 e. The van der Waals surface area contributed by atoms with Crippen LogP contribution in [0.3, 0.4) is 0 Å². The third-order valence-electron chi connectivity index (χ3n) is 2.99. The van der Waals surface area contributed by atoms with Gasteiger partial charge in [-0.2, -0.15) is 0 Å². The number of ether oxygens (including phenoxy) is 1. The van der Waals surface area contributed by atoms with Crippen LogP contribution in [0.25, 0.3) is 0 Å².